The van der Waals surface area contributed by atoms with Gasteiger partial charge in [0.1, 0.15) is 17.1 Å². The van der Waals surface area contributed by atoms with E-state index in [0.717, 1.165) is 18.4 Å². The van der Waals surface area contributed by atoms with Gasteiger partial charge in [0.15, 0.2) is 0 Å². The second kappa shape index (κ2) is 11.1. The molecule has 0 aliphatic carbocycles. The minimum Gasteiger partial charge on any atom is -0.495 e. The lowest BCUT2D eigenvalue weighted by atomic mass is 10.00. The van der Waals surface area contributed by atoms with Crippen molar-refractivity contribution in [2.45, 2.75) is 19.8 Å². The molecule has 0 radical (unpaired) electrons. The number of para-hydroxylation sites is 2. The van der Waals surface area contributed by atoms with Gasteiger partial charge >= 0.3 is 0 Å². The number of hydrogen-bond donors (Lipinski definition) is 2. The summed E-state index contributed by atoms with van der Waals surface area (Å²) in [7, 11) is 1.56. The fourth-order valence-electron chi connectivity index (χ4n) is 4.14. The Morgan fingerprint density at radius 2 is 2.00 bits per heavy atom. The Hall–Kier alpha value is -4.14. The Labute approximate surface area is 197 Å². The number of nitrogen functional groups attached to an aromatic ring is 1. The number of anilines is 1. The Balaban J connectivity index is 0.00000103. The van der Waals surface area contributed by atoms with Crippen molar-refractivity contribution in [3.63, 3.8) is 0 Å². The van der Waals surface area contributed by atoms with E-state index in [2.05, 4.69) is 4.98 Å². The third-order valence-corrected chi connectivity index (χ3v) is 5.80. The molecule has 1 fully saturated rings. The van der Waals surface area contributed by atoms with Crippen LogP contribution in [-0.4, -0.2) is 52.1 Å². The van der Waals surface area contributed by atoms with Crippen molar-refractivity contribution in [1.29, 1.82) is 0 Å². The number of likely N-dealkylation sites (tertiary alicyclic amines) is 1. The van der Waals surface area contributed by atoms with Gasteiger partial charge < -0.3 is 20.5 Å². The molecule has 3 aromatic rings. The smallest absolute Gasteiger partial charge is 0.290 e. The lowest BCUT2D eigenvalue weighted by Gasteiger charge is -2.19. The zero-order valence-electron chi connectivity index (χ0n) is 19.2. The number of rotatable bonds is 5. The van der Waals surface area contributed by atoms with Crippen LogP contribution in [0.25, 0.3) is 5.69 Å². The van der Waals surface area contributed by atoms with Gasteiger partial charge in [-0.25, -0.2) is 4.98 Å². The molecule has 34 heavy (non-hydrogen) atoms. The fraction of sp³-hybridized carbons (Fsp3) is 0.280. The summed E-state index contributed by atoms with van der Waals surface area (Å²) in [5.74, 6) is 1.18. The van der Waals surface area contributed by atoms with Gasteiger partial charge in [0, 0.05) is 25.5 Å². The van der Waals surface area contributed by atoms with E-state index in [9.17, 15) is 9.59 Å². The summed E-state index contributed by atoms with van der Waals surface area (Å²) in [5.41, 5.74) is 7.92. The van der Waals surface area contributed by atoms with Crippen molar-refractivity contribution >= 4 is 18.2 Å². The number of aryl methyl sites for hydroxylation is 1. The molecule has 1 aromatic carbocycles. The number of hydrogen-bond acceptors (Lipinski definition) is 6. The van der Waals surface area contributed by atoms with Crippen LogP contribution in [0.5, 0.6) is 5.75 Å². The number of aromatic nitrogens is 2. The van der Waals surface area contributed by atoms with E-state index >= 15 is 0 Å². The molecule has 1 saturated heterocycles. The summed E-state index contributed by atoms with van der Waals surface area (Å²) < 4.78 is 6.87. The maximum Gasteiger partial charge on any atom is 0.290 e. The normalized spacial score (nSPS) is 14.8. The van der Waals surface area contributed by atoms with Crippen LogP contribution in [0, 0.1) is 12.8 Å². The summed E-state index contributed by atoms with van der Waals surface area (Å²) in [5, 5.41) is 6.89. The molecule has 3 N–H and O–H groups in total. The van der Waals surface area contributed by atoms with Gasteiger partial charge in [0.2, 0.25) is 0 Å². The number of carboxylic acid groups (broad SMARTS) is 1. The number of amides is 1. The summed E-state index contributed by atoms with van der Waals surface area (Å²) in [4.78, 5) is 40.9. The molecule has 0 saturated carbocycles. The van der Waals surface area contributed by atoms with Crippen LogP contribution in [0.15, 0.2) is 59.7 Å². The summed E-state index contributed by atoms with van der Waals surface area (Å²) >= 11 is 0. The second-order valence-corrected chi connectivity index (χ2v) is 8.03. The van der Waals surface area contributed by atoms with Gasteiger partial charge in [-0.3, -0.25) is 19.0 Å². The van der Waals surface area contributed by atoms with E-state index < -0.39 is 0 Å². The largest absolute Gasteiger partial charge is 0.495 e. The maximum absolute atomic E-state index is 13.3. The zero-order chi connectivity index (χ0) is 24.7. The highest BCUT2D eigenvalue weighted by Gasteiger charge is 2.30. The molecule has 0 spiro atoms. The highest BCUT2D eigenvalue weighted by molar-refractivity contribution is 5.95. The Bertz CT molecular complexity index is 1210. The topological polar surface area (TPSA) is 128 Å². The third-order valence-electron chi connectivity index (χ3n) is 5.80. The third kappa shape index (κ3) is 5.43. The lowest BCUT2D eigenvalue weighted by Crippen LogP contribution is -2.36. The van der Waals surface area contributed by atoms with Crippen LogP contribution in [-0.2, 0) is 11.2 Å². The standard InChI is InChI=1S/C24H26N4O3.CH2O2/c1-16-9-12-28(19-5-3-4-6-20(19)31-2)24(30)22(16)23(29)27-11-10-18(15-27)13-17-7-8-21(25)26-14-17;2-1-3/h3-9,12,14,18H,10-11,13,15H2,1-2H3,(H2,25,26);1H,(H,2,3). The number of methoxy groups -OCH3 is 1. The Morgan fingerprint density at radius 1 is 1.26 bits per heavy atom. The highest BCUT2D eigenvalue weighted by Crippen LogP contribution is 2.24. The SMILES string of the molecule is COc1ccccc1-n1ccc(C)c(C(=O)N2CCC(Cc3ccc(N)nc3)C2)c1=O.O=CO. The molecule has 3 heterocycles. The predicted molar refractivity (Wildman–Crippen MR) is 128 cm³/mol. The molecule has 1 aliphatic rings. The van der Waals surface area contributed by atoms with Crippen LogP contribution >= 0.6 is 0 Å². The van der Waals surface area contributed by atoms with E-state index in [0.29, 0.717) is 41.8 Å². The number of pyridine rings is 2. The first kappa shape index (κ1) is 24.5. The zero-order valence-corrected chi connectivity index (χ0v) is 19.2. The van der Waals surface area contributed by atoms with E-state index in [4.69, 9.17) is 20.4 Å². The maximum atomic E-state index is 13.3. The van der Waals surface area contributed by atoms with Gasteiger partial charge in [0.05, 0.1) is 12.8 Å². The molecule has 1 aliphatic heterocycles. The first-order valence-electron chi connectivity index (χ1n) is 10.8. The second-order valence-electron chi connectivity index (χ2n) is 8.03. The summed E-state index contributed by atoms with van der Waals surface area (Å²) in [6.07, 6.45) is 5.19. The number of ether oxygens (including phenoxy) is 1. The molecule has 2 aromatic heterocycles. The Kier molecular flexibility index (Phi) is 8.02. The molecule has 1 unspecified atom stereocenters. The van der Waals surface area contributed by atoms with E-state index in [1.807, 2.05) is 18.2 Å². The van der Waals surface area contributed by atoms with Gasteiger partial charge in [-0.2, -0.15) is 0 Å². The summed E-state index contributed by atoms with van der Waals surface area (Å²) in [6, 6.07) is 12.8. The minimum absolute atomic E-state index is 0.211. The number of nitrogens with zero attached hydrogens (tertiary/aromatic N) is 3. The van der Waals surface area contributed by atoms with Crippen LogP contribution < -0.4 is 16.0 Å². The van der Waals surface area contributed by atoms with Crippen LogP contribution in [0.4, 0.5) is 5.82 Å². The van der Waals surface area contributed by atoms with E-state index in [1.165, 1.54) is 4.57 Å². The molecule has 1 atom stereocenters. The summed E-state index contributed by atoms with van der Waals surface area (Å²) in [6.45, 7) is 2.80. The monoisotopic (exact) mass is 464 g/mol. The number of nitrogens with two attached hydrogens (primary N) is 1. The van der Waals surface area contributed by atoms with E-state index in [1.54, 1.807) is 55.6 Å². The van der Waals surface area contributed by atoms with Gasteiger partial charge in [-0.15, -0.1) is 0 Å². The molecule has 9 nitrogen and oxygen atoms in total. The average molecular weight is 465 g/mol. The van der Waals surface area contributed by atoms with Crippen molar-refractivity contribution in [2.24, 2.45) is 5.92 Å². The van der Waals surface area contributed by atoms with Crippen molar-refractivity contribution in [1.82, 2.24) is 14.5 Å². The number of carbonyl (C=O) groups is 2. The molecule has 9 heteroatoms. The predicted octanol–water partition coefficient (Wildman–Crippen LogP) is 2.54. The van der Waals surface area contributed by atoms with Gasteiger partial charge in [-0.1, -0.05) is 18.2 Å². The van der Waals surface area contributed by atoms with Crippen LogP contribution in [0.1, 0.15) is 27.9 Å². The lowest BCUT2D eigenvalue weighted by molar-refractivity contribution is -0.122. The van der Waals surface area contributed by atoms with E-state index in [-0.39, 0.29) is 23.5 Å². The van der Waals surface area contributed by atoms with Crippen molar-refractivity contribution in [3.05, 3.63) is 81.9 Å². The van der Waals surface area contributed by atoms with Gasteiger partial charge in [-0.05, 0) is 61.1 Å². The van der Waals surface area contributed by atoms with Crippen LogP contribution in [0.3, 0.4) is 0 Å². The first-order valence-corrected chi connectivity index (χ1v) is 10.8. The van der Waals surface area contributed by atoms with Crippen molar-refractivity contribution in [3.8, 4) is 11.4 Å². The molecular formula is C25H28N4O5. The molecule has 178 valence electrons. The Morgan fingerprint density at radius 3 is 2.68 bits per heavy atom. The van der Waals surface area contributed by atoms with Gasteiger partial charge in [0.25, 0.3) is 17.9 Å². The quantitative estimate of drug-likeness (QED) is 0.555. The molecule has 0 bridgehead atoms. The average Bonchev–Trinajstić information content (AvgIpc) is 3.30. The fourth-order valence-corrected chi connectivity index (χ4v) is 4.14. The molecule has 4 rings (SSSR count). The van der Waals surface area contributed by atoms with Crippen LogP contribution in [0.2, 0.25) is 0 Å². The number of benzene rings is 1. The molecule has 1 amide bonds. The van der Waals surface area contributed by atoms with Crippen molar-refractivity contribution in [2.75, 3.05) is 25.9 Å². The number of carbonyl (C=O) groups excluding carboxylic acids is 1. The minimum atomic E-state index is -0.333. The molecular weight excluding hydrogens is 436 g/mol. The first-order chi connectivity index (χ1) is 16.4. The highest BCUT2D eigenvalue weighted by atomic mass is 16.5. The van der Waals surface area contributed by atoms with Crippen molar-refractivity contribution < 1.29 is 19.4 Å².